The van der Waals surface area contributed by atoms with Crippen LogP contribution in [0.5, 0.6) is 0 Å². The van der Waals surface area contributed by atoms with Crippen molar-refractivity contribution in [3.63, 3.8) is 0 Å². The molecule has 78 valence electrons. The van der Waals surface area contributed by atoms with Gasteiger partial charge in [0.2, 0.25) is 0 Å². The molecule has 1 heterocycles. The molecule has 1 saturated heterocycles. The predicted molar refractivity (Wildman–Crippen MR) is 49.7 cm³/mol. The van der Waals surface area contributed by atoms with E-state index in [-0.39, 0.29) is 0 Å². The first-order valence-corrected chi connectivity index (χ1v) is 6.47. The molecule has 1 rings (SSSR count). The van der Waals surface area contributed by atoms with E-state index < -0.39 is 17.2 Å². The molecular formula is C6H14O5P2. The maximum atomic E-state index is 8.59. The fourth-order valence-corrected chi connectivity index (χ4v) is 2.46. The molecule has 2 N–H and O–H groups in total. The van der Waals surface area contributed by atoms with Gasteiger partial charge in [-0.1, -0.05) is 12.8 Å². The van der Waals surface area contributed by atoms with Crippen molar-refractivity contribution in [3.05, 3.63) is 0 Å². The van der Waals surface area contributed by atoms with E-state index in [0.29, 0.717) is 13.2 Å². The summed E-state index contributed by atoms with van der Waals surface area (Å²) in [5, 5.41) is 0. The Balaban J connectivity index is 2.24. The Hall–Kier alpha value is 0.660. The van der Waals surface area contributed by atoms with Gasteiger partial charge in [-0.15, -0.1) is 0 Å². The van der Waals surface area contributed by atoms with Crippen LogP contribution in [0.15, 0.2) is 0 Å². The van der Waals surface area contributed by atoms with Crippen LogP contribution in [-0.4, -0.2) is 23.0 Å². The third-order valence-corrected chi connectivity index (χ3v) is 3.48. The highest BCUT2D eigenvalue weighted by Gasteiger charge is 2.18. The zero-order valence-corrected chi connectivity index (χ0v) is 9.05. The van der Waals surface area contributed by atoms with Gasteiger partial charge in [0.15, 0.2) is 0 Å². The average Bonchev–Trinajstić information content (AvgIpc) is 2.17. The minimum Gasteiger partial charge on any atom is -0.328 e. The number of hydrogen-bond acceptors (Lipinski definition) is 5. The fourth-order valence-electron chi connectivity index (χ4n) is 0.980. The first-order chi connectivity index (χ1) is 6.29. The van der Waals surface area contributed by atoms with Crippen LogP contribution in [0.3, 0.4) is 0 Å². The van der Waals surface area contributed by atoms with Gasteiger partial charge in [-0.2, -0.15) is 0 Å². The zero-order chi connectivity index (χ0) is 9.52. The Morgan fingerprint density at radius 3 is 2.00 bits per heavy atom. The van der Waals surface area contributed by atoms with Gasteiger partial charge in [0, 0.05) is 0 Å². The first-order valence-electron chi connectivity index (χ1n) is 4.21. The summed E-state index contributed by atoms with van der Waals surface area (Å²) < 4.78 is 15.1. The molecule has 0 saturated carbocycles. The van der Waals surface area contributed by atoms with E-state index in [1.807, 2.05) is 0 Å². The van der Waals surface area contributed by atoms with Gasteiger partial charge in [-0.05, 0) is 12.8 Å². The largest absolute Gasteiger partial charge is 0.339 e. The van der Waals surface area contributed by atoms with Crippen LogP contribution in [0.1, 0.15) is 25.7 Å². The monoisotopic (exact) mass is 228 g/mol. The standard InChI is InChI=1S/C6H14O5P2/c7-12(8)11-13-9-5-3-1-2-4-6-10-13/h7-8H,1-6H2. The summed E-state index contributed by atoms with van der Waals surface area (Å²) in [6.07, 6.45) is 4.19. The highest BCUT2D eigenvalue weighted by atomic mass is 31.2. The molecule has 13 heavy (non-hydrogen) atoms. The molecule has 0 amide bonds. The summed E-state index contributed by atoms with van der Waals surface area (Å²) in [6, 6.07) is 0. The van der Waals surface area contributed by atoms with Crippen LogP contribution in [-0.2, 0) is 13.4 Å². The number of hydrogen-bond donors (Lipinski definition) is 2. The van der Waals surface area contributed by atoms with Gasteiger partial charge in [0.05, 0.1) is 13.2 Å². The smallest absolute Gasteiger partial charge is 0.328 e. The molecule has 0 aromatic rings. The molecular weight excluding hydrogens is 214 g/mol. The molecule has 0 aromatic heterocycles. The van der Waals surface area contributed by atoms with Crippen molar-refractivity contribution in [1.82, 2.24) is 0 Å². The molecule has 1 aliphatic heterocycles. The summed E-state index contributed by atoms with van der Waals surface area (Å²) in [4.78, 5) is 17.2. The van der Waals surface area contributed by atoms with E-state index in [2.05, 4.69) is 4.31 Å². The molecule has 7 heteroatoms. The molecule has 0 spiro atoms. The second-order valence-electron chi connectivity index (χ2n) is 2.64. The van der Waals surface area contributed by atoms with Crippen molar-refractivity contribution >= 4 is 17.2 Å². The molecule has 1 aliphatic rings. The molecule has 5 nitrogen and oxygen atoms in total. The van der Waals surface area contributed by atoms with Crippen LogP contribution >= 0.6 is 17.2 Å². The maximum absolute atomic E-state index is 8.59. The topological polar surface area (TPSA) is 68.2 Å². The Morgan fingerprint density at radius 1 is 1.00 bits per heavy atom. The second-order valence-corrected chi connectivity index (χ2v) is 4.76. The third-order valence-electron chi connectivity index (χ3n) is 1.57. The van der Waals surface area contributed by atoms with Gasteiger partial charge in [-0.25, -0.2) is 4.31 Å². The van der Waals surface area contributed by atoms with Crippen LogP contribution < -0.4 is 0 Å². The fraction of sp³-hybridized carbons (Fsp3) is 1.00. The third kappa shape index (κ3) is 5.87. The van der Waals surface area contributed by atoms with Gasteiger partial charge in [0.1, 0.15) is 0 Å². The lowest BCUT2D eigenvalue weighted by molar-refractivity contribution is 0.203. The summed E-state index contributed by atoms with van der Waals surface area (Å²) >= 11 is 0. The highest BCUT2D eigenvalue weighted by Crippen LogP contribution is 2.50. The van der Waals surface area contributed by atoms with Gasteiger partial charge >= 0.3 is 17.2 Å². The van der Waals surface area contributed by atoms with Crippen molar-refractivity contribution in [3.8, 4) is 0 Å². The Morgan fingerprint density at radius 2 is 1.54 bits per heavy atom. The molecule has 0 aliphatic carbocycles. The second kappa shape index (κ2) is 7.02. The Kier molecular flexibility index (Phi) is 6.33. The molecule has 0 unspecified atom stereocenters. The molecule has 1 fully saturated rings. The lowest BCUT2D eigenvalue weighted by Crippen LogP contribution is -1.93. The van der Waals surface area contributed by atoms with Crippen molar-refractivity contribution in [2.75, 3.05) is 13.2 Å². The van der Waals surface area contributed by atoms with Crippen molar-refractivity contribution in [1.29, 1.82) is 0 Å². The summed E-state index contributed by atoms with van der Waals surface area (Å²) in [6.45, 7) is 1.13. The SMILES string of the molecule is OP(O)OP1OCCCCCCO1. The molecule has 0 radical (unpaired) electrons. The Bertz CT molecular complexity index is 124. The van der Waals surface area contributed by atoms with E-state index in [1.54, 1.807) is 0 Å². The lowest BCUT2D eigenvalue weighted by atomic mass is 10.2. The molecule has 0 atom stereocenters. The predicted octanol–water partition coefficient (Wildman–Crippen LogP) is 2.05. The minimum atomic E-state index is -2.37. The van der Waals surface area contributed by atoms with Crippen LogP contribution in [0.4, 0.5) is 0 Å². The molecule has 0 bridgehead atoms. The quantitative estimate of drug-likeness (QED) is 0.708. The first kappa shape index (κ1) is 11.7. The normalized spacial score (nSPS) is 22.4. The average molecular weight is 228 g/mol. The van der Waals surface area contributed by atoms with Crippen LogP contribution in [0, 0.1) is 0 Å². The van der Waals surface area contributed by atoms with Crippen molar-refractivity contribution < 1.29 is 23.1 Å². The highest BCUT2D eigenvalue weighted by molar-refractivity contribution is 7.54. The summed E-state index contributed by atoms with van der Waals surface area (Å²) in [5.41, 5.74) is 0. The van der Waals surface area contributed by atoms with E-state index in [0.717, 1.165) is 25.7 Å². The van der Waals surface area contributed by atoms with Gasteiger partial charge in [0.25, 0.3) is 0 Å². The van der Waals surface area contributed by atoms with Crippen LogP contribution in [0.25, 0.3) is 0 Å². The maximum Gasteiger partial charge on any atom is 0.339 e. The zero-order valence-electron chi connectivity index (χ0n) is 7.26. The number of rotatable bonds is 2. The van der Waals surface area contributed by atoms with E-state index in [4.69, 9.17) is 18.8 Å². The lowest BCUT2D eigenvalue weighted by Gasteiger charge is -2.14. The van der Waals surface area contributed by atoms with Crippen molar-refractivity contribution in [2.24, 2.45) is 0 Å². The van der Waals surface area contributed by atoms with Gasteiger partial charge in [-0.3, -0.25) is 0 Å². The van der Waals surface area contributed by atoms with E-state index in [9.17, 15) is 0 Å². The Labute approximate surface area is 80.0 Å². The summed E-state index contributed by atoms with van der Waals surface area (Å²) in [7, 11) is -3.92. The van der Waals surface area contributed by atoms with E-state index in [1.165, 1.54) is 0 Å². The molecule has 0 aromatic carbocycles. The van der Waals surface area contributed by atoms with E-state index >= 15 is 0 Å². The van der Waals surface area contributed by atoms with Gasteiger partial charge < -0.3 is 18.8 Å². The summed E-state index contributed by atoms with van der Waals surface area (Å²) in [5.74, 6) is 0. The minimum absolute atomic E-state index is 0.564. The van der Waals surface area contributed by atoms with Crippen molar-refractivity contribution in [2.45, 2.75) is 25.7 Å². The van der Waals surface area contributed by atoms with Crippen LogP contribution in [0.2, 0.25) is 0 Å².